The summed E-state index contributed by atoms with van der Waals surface area (Å²) in [6.45, 7) is 3.69. The van der Waals surface area contributed by atoms with E-state index in [9.17, 15) is 4.79 Å². The summed E-state index contributed by atoms with van der Waals surface area (Å²) in [6, 6.07) is 5.44. The summed E-state index contributed by atoms with van der Waals surface area (Å²) in [4.78, 5) is 11.0. The molecule has 0 bridgehead atoms. The fourth-order valence-electron chi connectivity index (χ4n) is 1.38. The maximum Gasteiger partial charge on any atom is 0.130 e. The molecule has 0 radical (unpaired) electrons. The Bertz CT molecular complexity index is 356. The van der Waals surface area contributed by atoms with E-state index in [1.54, 1.807) is 20.3 Å². The van der Waals surface area contributed by atoms with Crippen LogP contribution in [0.5, 0.6) is 11.5 Å². The Balaban J connectivity index is 3.29. The van der Waals surface area contributed by atoms with E-state index in [1.165, 1.54) is 0 Å². The first kappa shape index (κ1) is 11.6. The van der Waals surface area contributed by atoms with Gasteiger partial charge in [0.1, 0.15) is 17.8 Å². The summed E-state index contributed by atoms with van der Waals surface area (Å²) in [5.41, 5.74) is 0.263. The molecule has 0 saturated heterocycles. The van der Waals surface area contributed by atoms with Crippen molar-refractivity contribution in [2.45, 2.75) is 19.3 Å². The van der Waals surface area contributed by atoms with Crippen molar-refractivity contribution in [3.8, 4) is 11.5 Å². The normalized spacial score (nSPS) is 10.9. The van der Waals surface area contributed by atoms with E-state index in [1.807, 2.05) is 26.0 Å². The topological polar surface area (TPSA) is 35.5 Å². The minimum Gasteiger partial charge on any atom is -0.497 e. The first-order valence-corrected chi connectivity index (χ1v) is 4.74. The van der Waals surface area contributed by atoms with E-state index in [0.29, 0.717) is 5.75 Å². The highest BCUT2D eigenvalue weighted by Gasteiger charge is 2.24. The first-order chi connectivity index (χ1) is 7.05. The van der Waals surface area contributed by atoms with Gasteiger partial charge in [0.25, 0.3) is 0 Å². The van der Waals surface area contributed by atoms with E-state index >= 15 is 0 Å². The maximum atomic E-state index is 11.0. The minimum absolute atomic E-state index is 0.570. The second-order valence-corrected chi connectivity index (χ2v) is 3.91. The van der Waals surface area contributed by atoms with Crippen LogP contribution in [0.2, 0.25) is 0 Å². The molecule has 0 aliphatic heterocycles. The van der Waals surface area contributed by atoms with Crippen LogP contribution in [0.25, 0.3) is 0 Å². The van der Waals surface area contributed by atoms with Gasteiger partial charge < -0.3 is 14.3 Å². The summed E-state index contributed by atoms with van der Waals surface area (Å²) in [5, 5.41) is 0. The van der Waals surface area contributed by atoms with Gasteiger partial charge in [-0.15, -0.1) is 0 Å². The fourth-order valence-corrected chi connectivity index (χ4v) is 1.38. The van der Waals surface area contributed by atoms with Crippen molar-refractivity contribution < 1.29 is 14.3 Å². The van der Waals surface area contributed by atoms with Crippen LogP contribution in [0.4, 0.5) is 0 Å². The Morgan fingerprint density at radius 2 is 1.87 bits per heavy atom. The summed E-state index contributed by atoms with van der Waals surface area (Å²) in [7, 11) is 3.19. The van der Waals surface area contributed by atoms with Gasteiger partial charge >= 0.3 is 0 Å². The van der Waals surface area contributed by atoms with Gasteiger partial charge in [-0.2, -0.15) is 0 Å². The zero-order chi connectivity index (χ0) is 11.5. The number of hydrogen-bond acceptors (Lipinski definition) is 3. The highest BCUT2D eigenvalue weighted by Crippen LogP contribution is 2.33. The Morgan fingerprint density at radius 1 is 1.20 bits per heavy atom. The molecule has 0 saturated carbocycles. The van der Waals surface area contributed by atoms with Gasteiger partial charge in [0.15, 0.2) is 0 Å². The highest BCUT2D eigenvalue weighted by molar-refractivity contribution is 5.69. The summed E-state index contributed by atoms with van der Waals surface area (Å²) in [6.07, 6.45) is 0.907. The van der Waals surface area contributed by atoms with E-state index in [0.717, 1.165) is 17.6 Å². The van der Waals surface area contributed by atoms with Crippen LogP contribution < -0.4 is 9.47 Å². The fraction of sp³-hybridized carbons (Fsp3) is 0.417. The van der Waals surface area contributed by atoms with Crippen molar-refractivity contribution >= 4 is 6.29 Å². The van der Waals surface area contributed by atoms with Crippen LogP contribution in [0.3, 0.4) is 0 Å². The zero-order valence-electron chi connectivity index (χ0n) is 9.53. The van der Waals surface area contributed by atoms with Crippen molar-refractivity contribution in [3.63, 3.8) is 0 Å². The molecule has 0 amide bonds. The molecule has 15 heavy (non-hydrogen) atoms. The summed E-state index contributed by atoms with van der Waals surface area (Å²) < 4.78 is 10.3. The SMILES string of the molecule is COc1ccc(OC)c(C(C)(C)C=O)c1. The molecule has 1 aromatic carbocycles. The van der Waals surface area contributed by atoms with Gasteiger partial charge in [0.2, 0.25) is 0 Å². The first-order valence-electron chi connectivity index (χ1n) is 4.74. The molecule has 0 fully saturated rings. The predicted octanol–water partition coefficient (Wildman–Crippen LogP) is 2.18. The lowest BCUT2D eigenvalue weighted by molar-refractivity contribution is -0.111. The molecular weight excluding hydrogens is 192 g/mol. The molecule has 0 aliphatic carbocycles. The van der Waals surface area contributed by atoms with Crippen LogP contribution >= 0.6 is 0 Å². The van der Waals surface area contributed by atoms with Gasteiger partial charge in [-0.05, 0) is 32.0 Å². The second kappa shape index (κ2) is 4.34. The van der Waals surface area contributed by atoms with E-state index in [2.05, 4.69) is 0 Å². The predicted molar refractivity (Wildman–Crippen MR) is 58.6 cm³/mol. The molecule has 3 heteroatoms. The van der Waals surface area contributed by atoms with Crippen molar-refractivity contribution in [2.24, 2.45) is 0 Å². The minimum atomic E-state index is -0.570. The standard InChI is InChI=1S/C12H16O3/c1-12(2,8-13)10-7-9(14-3)5-6-11(10)15-4/h5-8H,1-4H3. The lowest BCUT2D eigenvalue weighted by Crippen LogP contribution is -2.19. The largest absolute Gasteiger partial charge is 0.497 e. The molecular formula is C12H16O3. The lowest BCUT2D eigenvalue weighted by atomic mass is 9.85. The molecule has 0 atom stereocenters. The molecule has 0 spiro atoms. The van der Waals surface area contributed by atoms with E-state index in [4.69, 9.17) is 9.47 Å². The number of carbonyl (C=O) groups excluding carboxylic acids is 1. The van der Waals surface area contributed by atoms with Gasteiger partial charge in [-0.25, -0.2) is 0 Å². The lowest BCUT2D eigenvalue weighted by Gasteiger charge is -2.21. The highest BCUT2D eigenvalue weighted by atomic mass is 16.5. The third-order valence-electron chi connectivity index (χ3n) is 2.40. The zero-order valence-corrected chi connectivity index (χ0v) is 9.53. The third kappa shape index (κ3) is 2.29. The number of ether oxygens (including phenoxy) is 2. The second-order valence-electron chi connectivity index (χ2n) is 3.91. The smallest absolute Gasteiger partial charge is 0.130 e. The molecule has 0 N–H and O–H groups in total. The van der Waals surface area contributed by atoms with Crippen molar-refractivity contribution in [1.29, 1.82) is 0 Å². The molecule has 1 rings (SSSR count). The average molecular weight is 208 g/mol. The molecule has 0 heterocycles. The van der Waals surface area contributed by atoms with Crippen molar-refractivity contribution in [2.75, 3.05) is 14.2 Å². The van der Waals surface area contributed by atoms with Gasteiger partial charge in [-0.1, -0.05) is 0 Å². The summed E-state index contributed by atoms with van der Waals surface area (Å²) >= 11 is 0. The Morgan fingerprint density at radius 3 is 2.33 bits per heavy atom. The van der Waals surface area contributed by atoms with Crippen LogP contribution in [0.15, 0.2) is 18.2 Å². The van der Waals surface area contributed by atoms with Gasteiger partial charge in [0, 0.05) is 11.0 Å². The van der Waals surface area contributed by atoms with Crippen LogP contribution in [-0.2, 0) is 10.2 Å². The molecule has 82 valence electrons. The average Bonchev–Trinajstić information content (AvgIpc) is 2.28. The van der Waals surface area contributed by atoms with Crippen LogP contribution in [-0.4, -0.2) is 20.5 Å². The van der Waals surface area contributed by atoms with Gasteiger partial charge in [-0.3, -0.25) is 0 Å². The number of rotatable bonds is 4. The Kier molecular flexibility index (Phi) is 3.35. The molecule has 0 unspecified atom stereocenters. The monoisotopic (exact) mass is 208 g/mol. The molecule has 3 nitrogen and oxygen atoms in total. The number of carbonyl (C=O) groups is 1. The quantitative estimate of drug-likeness (QED) is 0.711. The van der Waals surface area contributed by atoms with Gasteiger partial charge in [0.05, 0.1) is 14.2 Å². The number of benzene rings is 1. The van der Waals surface area contributed by atoms with Crippen molar-refractivity contribution in [3.05, 3.63) is 23.8 Å². The third-order valence-corrected chi connectivity index (χ3v) is 2.40. The Labute approximate surface area is 90.0 Å². The van der Waals surface area contributed by atoms with Crippen LogP contribution in [0.1, 0.15) is 19.4 Å². The van der Waals surface area contributed by atoms with Crippen LogP contribution in [0, 0.1) is 0 Å². The summed E-state index contributed by atoms with van der Waals surface area (Å²) in [5.74, 6) is 1.42. The molecule has 0 aromatic heterocycles. The molecule has 0 aliphatic rings. The van der Waals surface area contributed by atoms with E-state index < -0.39 is 5.41 Å². The number of methoxy groups -OCH3 is 2. The number of hydrogen-bond donors (Lipinski definition) is 0. The van der Waals surface area contributed by atoms with Crippen molar-refractivity contribution in [1.82, 2.24) is 0 Å². The maximum absolute atomic E-state index is 11.0. The Hall–Kier alpha value is -1.51. The number of aldehydes is 1. The van der Waals surface area contributed by atoms with E-state index in [-0.39, 0.29) is 0 Å². The molecule has 1 aromatic rings.